The Balaban J connectivity index is 2.86. The Morgan fingerprint density at radius 3 is 2.62 bits per heavy atom. The van der Waals surface area contributed by atoms with Crippen molar-refractivity contribution in [1.29, 1.82) is 0 Å². The zero-order valence-corrected chi connectivity index (χ0v) is 9.64. The largest absolute Gasteiger partial charge is 0.425 e. The standard InChI is InChI=1S/C7H8O3PSSi/c1-6-4-2-3-5-7(6)9-11(8,12)10-13/h2-5H,1H3,(H,8,12). The zero-order valence-electron chi connectivity index (χ0n) is 6.93. The van der Waals surface area contributed by atoms with Gasteiger partial charge in [-0.15, -0.1) is 0 Å². The summed E-state index contributed by atoms with van der Waals surface area (Å²) < 4.78 is 9.55. The summed E-state index contributed by atoms with van der Waals surface area (Å²) in [7, 11) is 2.67. The first-order valence-corrected chi connectivity index (χ1v) is 6.48. The van der Waals surface area contributed by atoms with Gasteiger partial charge in [0.25, 0.3) is 10.5 Å². The summed E-state index contributed by atoms with van der Waals surface area (Å²) in [6.45, 7) is -1.32. The summed E-state index contributed by atoms with van der Waals surface area (Å²) in [5, 5.41) is 0. The molecule has 0 bridgehead atoms. The highest BCUT2D eigenvalue weighted by Crippen LogP contribution is 2.43. The number of benzene rings is 1. The van der Waals surface area contributed by atoms with Gasteiger partial charge in [-0.2, -0.15) is 0 Å². The quantitative estimate of drug-likeness (QED) is 0.634. The molecule has 0 amide bonds. The minimum atomic E-state index is -3.18. The first kappa shape index (κ1) is 10.9. The van der Waals surface area contributed by atoms with Gasteiger partial charge in [0, 0.05) is 11.8 Å². The Kier molecular flexibility index (Phi) is 3.64. The Bertz CT molecular complexity index is 344. The first-order valence-electron chi connectivity index (χ1n) is 3.48. The fourth-order valence-electron chi connectivity index (χ4n) is 0.802. The summed E-state index contributed by atoms with van der Waals surface area (Å²) in [4.78, 5) is 9.33. The maximum atomic E-state index is 9.33. The van der Waals surface area contributed by atoms with Crippen LogP contribution in [-0.4, -0.2) is 15.4 Å². The molecule has 0 spiro atoms. The van der Waals surface area contributed by atoms with Crippen LogP contribution in [0, 0.1) is 6.92 Å². The number of aryl methyl sites for hydroxylation is 1. The molecule has 0 aliphatic carbocycles. The van der Waals surface area contributed by atoms with E-state index < -0.39 is 6.72 Å². The van der Waals surface area contributed by atoms with Crippen LogP contribution in [0.3, 0.4) is 0 Å². The van der Waals surface area contributed by atoms with Crippen LogP contribution in [0.2, 0.25) is 0 Å². The molecule has 0 aliphatic rings. The number of para-hydroxylation sites is 1. The Hall–Kier alpha value is -0.193. The molecule has 1 atom stereocenters. The molecule has 0 aromatic heterocycles. The van der Waals surface area contributed by atoms with Crippen LogP contribution in [0.15, 0.2) is 24.3 Å². The van der Waals surface area contributed by atoms with Crippen molar-refractivity contribution in [1.82, 2.24) is 0 Å². The molecule has 3 radical (unpaired) electrons. The van der Waals surface area contributed by atoms with Crippen LogP contribution in [0.25, 0.3) is 0 Å². The average Bonchev–Trinajstić information content (AvgIpc) is 2.09. The Morgan fingerprint density at radius 1 is 1.46 bits per heavy atom. The summed E-state index contributed by atoms with van der Waals surface area (Å²) in [6, 6.07) is 7.25. The van der Waals surface area contributed by atoms with Gasteiger partial charge in [0.05, 0.1) is 0 Å². The molecule has 1 rings (SSSR count). The molecule has 1 aromatic rings. The third-order valence-corrected chi connectivity index (χ3v) is 3.67. The lowest BCUT2D eigenvalue weighted by Gasteiger charge is -2.15. The van der Waals surface area contributed by atoms with Gasteiger partial charge >= 0.3 is 6.72 Å². The van der Waals surface area contributed by atoms with E-state index in [9.17, 15) is 4.89 Å². The molecule has 69 valence electrons. The number of hydrogen-bond donors (Lipinski definition) is 1. The van der Waals surface area contributed by atoms with E-state index in [4.69, 9.17) is 4.52 Å². The highest BCUT2D eigenvalue weighted by Gasteiger charge is 2.14. The molecule has 1 N–H and O–H groups in total. The van der Waals surface area contributed by atoms with E-state index in [2.05, 4.69) is 26.5 Å². The maximum Gasteiger partial charge on any atom is 0.367 e. The van der Waals surface area contributed by atoms with Crippen molar-refractivity contribution >= 4 is 29.0 Å². The van der Waals surface area contributed by atoms with Crippen molar-refractivity contribution in [3.8, 4) is 5.75 Å². The summed E-state index contributed by atoms with van der Waals surface area (Å²) in [5.41, 5.74) is 0.898. The molecule has 0 aliphatic heterocycles. The minimum Gasteiger partial charge on any atom is -0.425 e. The van der Waals surface area contributed by atoms with Gasteiger partial charge in [-0.05, 0) is 18.6 Å². The van der Waals surface area contributed by atoms with Crippen LogP contribution in [0.5, 0.6) is 5.75 Å². The van der Waals surface area contributed by atoms with Gasteiger partial charge in [-0.3, -0.25) is 0 Å². The second kappa shape index (κ2) is 4.35. The van der Waals surface area contributed by atoms with Crippen molar-refractivity contribution in [2.24, 2.45) is 0 Å². The first-order chi connectivity index (χ1) is 6.05. The predicted octanol–water partition coefficient (Wildman–Crippen LogP) is 1.69. The molecule has 0 heterocycles. The molecule has 3 nitrogen and oxygen atoms in total. The van der Waals surface area contributed by atoms with Crippen LogP contribution < -0.4 is 4.52 Å². The smallest absolute Gasteiger partial charge is 0.367 e. The van der Waals surface area contributed by atoms with Crippen LogP contribution in [0.4, 0.5) is 0 Å². The van der Waals surface area contributed by atoms with Crippen LogP contribution in [0.1, 0.15) is 5.56 Å². The summed E-state index contributed by atoms with van der Waals surface area (Å²) in [5.74, 6) is 0.534. The summed E-state index contributed by atoms with van der Waals surface area (Å²) >= 11 is 4.66. The average molecular weight is 231 g/mol. The lowest BCUT2D eigenvalue weighted by molar-refractivity contribution is 0.390. The van der Waals surface area contributed by atoms with E-state index in [1.54, 1.807) is 12.1 Å². The van der Waals surface area contributed by atoms with E-state index in [0.717, 1.165) is 5.56 Å². The Morgan fingerprint density at radius 2 is 2.08 bits per heavy atom. The van der Waals surface area contributed by atoms with Crippen molar-refractivity contribution < 1.29 is 13.6 Å². The summed E-state index contributed by atoms with van der Waals surface area (Å²) in [6.07, 6.45) is 0. The zero-order chi connectivity index (χ0) is 9.90. The predicted molar refractivity (Wildman–Crippen MR) is 55.1 cm³/mol. The second-order valence-corrected chi connectivity index (χ2v) is 5.65. The van der Waals surface area contributed by atoms with E-state index in [1.807, 2.05) is 19.1 Å². The van der Waals surface area contributed by atoms with E-state index >= 15 is 0 Å². The number of rotatable bonds is 3. The van der Waals surface area contributed by atoms with Crippen LogP contribution in [-0.2, 0) is 16.0 Å². The SMILES string of the molecule is Cc1ccccc1OP(O)(=S)O[Si]. The van der Waals surface area contributed by atoms with Crippen molar-refractivity contribution in [3.63, 3.8) is 0 Å². The van der Waals surface area contributed by atoms with E-state index in [1.165, 1.54) is 0 Å². The van der Waals surface area contributed by atoms with Gasteiger partial charge in [-0.25, -0.2) is 0 Å². The monoisotopic (exact) mass is 231 g/mol. The van der Waals surface area contributed by atoms with Gasteiger partial charge in [0.2, 0.25) is 0 Å². The van der Waals surface area contributed by atoms with Gasteiger partial charge < -0.3 is 13.6 Å². The normalized spacial score (nSPS) is 15.0. The number of hydrogen-bond acceptors (Lipinski definition) is 3. The van der Waals surface area contributed by atoms with Gasteiger partial charge in [0.15, 0.2) is 0 Å². The minimum absolute atomic E-state index is 0.534. The van der Waals surface area contributed by atoms with E-state index in [0.29, 0.717) is 5.75 Å². The molecule has 13 heavy (non-hydrogen) atoms. The molecular formula is C7H8O3PSSi. The second-order valence-electron chi connectivity index (χ2n) is 2.42. The van der Waals surface area contributed by atoms with Crippen molar-refractivity contribution in [3.05, 3.63) is 29.8 Å². The lowest BCUT2D eigenvalue weighted by Crippen LogP contribution is -1.95. The highest BCUT2D eigenvalue weighted by molar-refractivity contribution is 8.07. The lowest BCUT2D eigenvalue weighted by atomic mass is 10.2. The Labute approximate surface area is 85.5 Å². The fourth-order valence-corrected chi connectivity index (χ4v) is 1.65. The van der Waals surface area contributed by atoms with Crippen LogP contribution >= 0.6 is 6.72 Å². The van der Waals surface area contributed by atoms with Crippen molar-refractivity contribution in [2.45, 2.75) is 6.92 Å². The fraction of sp³-hybridized carbons (Fsp3) is 0.143. The topological polar surface area (TPSA) is 38.7 Å². The molecule has 0 saturated carbocycles. The third-order valence-electron chi connectivity index (χ3n) is 1.42. The van der Waals surface area contributed by atoms with Crippen molar-refractivity contribution in [2.75, 3.05) is 0 Å². The van der Waals surface area contributed by atoms with Gasteiger partial charge in [-0.1, -0.05) is 18.2 Å². The molecule has 0 saturated heterocycles. The highest BCUT2D eigenvalue weighted by atomic mass is 32.5. The molecule has 6 heteroatoms. The molecule has 1 unspecified atom stereocenters. The van der Waals surface area contributed by atoms with E-state index in [-0.39, 0.29) is 0 Å². The molecule has 1 aromatic carbocycles. The molecular weight excluding hydrogens is 223 g/mol. The maximum absolute atomic E-state index is 9.33. The van der Waals surface area contributed by atoms with Gasteiger partial charge in [0.1, 0.15) is 5.75 Å². The third kappa shape index (κ3) is 3.21. The molecule has 0 fully saturated rings.